The molecule has 0 bridgehead atoms. The van der Waals surface area contributed by atoms with Gasteiger partial charge < -0.3 is 9.84 Å². The molecule has 2 fully saturated rings. The lowest BCUT2D eigenvalue weighted by atomic mass is 10.0. The van der Waals surface area contributed by atoms with Crippen molar-refractivity contribution in [1.82, 2.24) is 15.4 Å². The minimum absolute atomic E-state index is 0.863. The summed E-state index contributed by atoms with van der Waals surface area (Å²) in [6.07, 6.45) is 1.65. The molecule has 4 nitrogen and oxygen atoms in total. The van der Waals surface area contributed by atoms with Crippen LogP contribution in [-0.2, 0) is 6.54 Å². The van der Waals surface area contributed by atoms with Gasteiger partial charge in [-0.25, -0.2) is 0 Å². The van der Waals surface area contributed by atoms with Gasteiger partial charge in [-0.2, -0.15) is 0 Å². The van der Waals surface area contributed by atoms with Crippen LogP contribution in [0.1, 0.15) is 5.69 Å². The maximum Gasteiger partial charge on any atom is 0.124 e. The van der Waals surface area contributed by atoms with Crippen LogP contribution in [0.15, 0.2) is 16.9 Å². The first-order valence-electron chi connectivity index (χ1n) is 5.24. The summed E-state index contributed by atoms with van der Waals surface area (Å²) in [5, 5.41) is 7.38. The van der Waals surface area contributed by atoms with Crippen LogP contribution in [0.4, 0.5) is 0 Å². The smallest absolute Gasteiger partial charge is 0.124 e. The summed E-state index contributed by atoms with van der Waals surface area (Å²) in [7, 11) is 0. The second kappa shape index (κ2) is 3.37. The van der Waals surface area contributed by atoms with E-state index in [1.807, 2.05) is 6.07 Å². The van der Waals surface area contributed by atoms with Gasteiger partial charge in [-0.05, 0) is 24.9 Å². The number of nitrogens with one attached hydrogen (secondary N) is 1. The molecule has 3 heterocycles. The SMILES string of the molecule is c1cc(CN2C[C@H]3CNC[C@H]3C2)no1. The van der Waals surface area contributed by atoms with Crippen LogP contribution in [0.5, 0.6) is 0 Å². The highest BCUT2D eigenvalue weighted by Gasteiger charge is 2.35. The molecule has 0 aliphatic carbocycles. The molecule has 2 atom stereocenters. The number of hydrogen-bond acceptors (Lipinski definition) is 4. The number of aromatic nitrogens is 1. The van der Waals surface area contributed by atoms with E-state index in [0.29, 0.717) is 0 Å². The normalized spacial score (nSPS) is 32.3. The number of likely N-dealkylation sites (tertiary alicyclic amines) is 1. The molecule has 2 saturated heterocycles. The van der Waals surface area contributed by atoms with Crippen molar-refractivity contribution in [3.05, 3.63) is 18.0 Å². The summed E-state index contributed by atoms with van der Waals surface area (Å²) in [6, 6.07) is 1.95. The highest BCUT2D eigenvalue weighted by atomic mass is 16.5. The highest BCUT2D eigenvalue weighted by Crippen LogP contribution is 2.26. The molecule has 0 unspecified atom stereocenters. The molecule has 1 aromatic rings. The molecule has 0 radical (unpaired) electrons. The van der Waals surface area contributed by atoms with E-state index in [1.165, 1.54) is 26.2 Å². The van der Waals surface area contributed by atoms with Gasteiger partial charge in [0.15, 0.2) is 0 Å². The van der Waals surface area contributed by atoms with E-state index in [-0.39, 0.29) is 0 Å². The fourth-order valence-corrected chi connectivity index (χ4v) is 2.63. The fourth-order valence-electron chi connectivity index (χ4n) is 2.63. The van der Waals surface area contributed by atoms with Crippen LogP contribution < -0.4 is 5.32 Å². The Morgan fingerprint density at radius 2 is 2.21 bits per heavy atom. The van der Waals surface area contributed by atoms with Gasteiger partial charge in [0.25, 0.3) is 0 Å². The van der Waals surface area contributed by atoms with Gasteiger partial charge in [0, 0.05) is 25.7 Å². The topological polar surface area (TPSA) is 41.3 Å². The van der Waals surface area contributed by atoms with E-state index in [1.54, 1.807) is 6.26 Å². The number of hydrogen-bond donors (Lipinski definition) is 1. The molecular formula is C10H15N3O. The van der Waals surface area contributed by atoms with Crippen LogP contribution in [0, 0.1) is 11.8 Å². The first-order chi connectivity index (χ1) is 6.92. The quantitative estimate of drug-likeness (QED) is 0.734. The van der Waals surface area contributed by atoms with E-state index in [0.717, 1.165) is 24.1 Å². The van der Waals surface area contributed by atoms with Crippen LogP contribution in [0.25, 0.3) is 0 Å². The van der Waals surface area contributed by atoms with Crippen molar-refractivity contribution in [1.29, 1.82) is 0 Å². The molecule has 0 saturated carbocycles. The van der Waals surface area contributed by atoms with Crippen molar-refractivity contribution in [2.45, 2.75) is 6.54 Å². The Morgan fingerprint density at radius 3 is 2.86 bits per heavy atom. The van der Waals surface area contributed by atoms with Crippen LogP contribution >= 0.6 is 0 Å². The zero-order valence-electron chi connectivity index (χ0n) is 8.15. The van der Waals surface area contributed by atoms with E-state index in [9.17, 15) is 0 Å². The van der Waals surface area contributed by atoms with Crippen molar-refractivity contribution >= 4 is 0 Å². The minimum atomic E-state index is 0.863. The molecular weight excluding hydrogens is 178 g/mol. The predicted molar refractivity (Wildman–Crippen MR) is 51.6 cm³/mol. The average Bonchev–Trinajstić information content (AvgIpc) is 2.78. The maximum absolute atomic E-state index is 4.83. The molecule has 1 N–H and O–H groups in total. The third kappa shape index (κ3) is 1.44. The molecule has 3 rings (SSSR count). The molecule has 0 amide bonds. The van der Waals surface area contributed by atoms with Gasteiger partial charge in [0.05, 0.1) is 5.69 Å². The van der Waals surface area contributed by atoms with Gasteiger partial charge >= 0.3 is 0 Å². The zero-order chi connectivity index (χ0) is 9.38. The maximum atomic E-state index is 4.83. The summed E-state index contributed by atoms with van der Waals surface area (Å²) >= 11 is 0. The average molecular weight is 193 g/mol. The van der Waals surface area contributed by atoms with Crippen LogP contribution in [-0.4, -0.2) is 36.2 Å². The summed E-state index contributed by atoms with van der Waals surface area (Å²) < 4.78 is 4.83. The Kier molecular flexibility index (Phi) is 2.03. The summed E-state index contributed by atoms with van der Waals surface area (Å²) in [5.41, 5.74) is 1.05. The lowest BCUT2D eigenvalue weighted by Crippen LogP contribution is -2.25. The standard InChI is InChI=1S/C10H15N3O/c1-2-14-12-10(1)7-13-5-8-3-11-4-9(8)6-13/h1-2,8-9,11H,3-7H2/t8-,9+. The first-order valence-corrected chi connectivity index (χ1v) is 5.24. The van der Waals surface area contributed by atoms with Gasteiger partial charge in [0.1, 0.15) is 6.26 Å². The number of nitrogens with zero attached hydrogens (tertiary/aromatic N) is 2. The predicted octanol–water partition coefficient (Wildman–Crippen LogP) is 0.326. The van der Waals surface area contributed by atoms with E-state index in [2.05, 4.69) is 15.4 Å². The fraction of sp³-hybridized carbons (Fsp3) is 0.700. The first kappa shape index (κ1) is 8.44. The Hall–Kier alpha value is -0.870. The molecule has 0 spiro atoms. The van der Waals surface area contributed by atoms with E-state index in [4.69, 9.17) is 4.52 Å². The molecule has 4 heteroatoms. The van der Waals surface area contributed by atoms with Gasteiger partial charge in [-0.1, -0.05) is 5.16 Å². The molecule has 14 heavy (non-hydrogen) atoms. The Labute approximate surface area is 83.2 Å². The molecule has 2 aliphatic heterocycles. The van der Waals surface area contributed by atoms with Crippen molar-refractivity contribution in [3.8, 4) is 0 Å². The lowest BCUT2D eigenvalue weighted by Gasteiger charge is -2.14. The van der Waals surface area contributed by atoms with E-state index >= 15 is 0 Å². The van der Waals surface area contributed by atoms with Crippen LogP contribution in [0.2, 0.25) is 0 Å². The second-order valence-electron chi connectivity index (χ2n) is 4.36. The Morgan fingerprint density at radius 1 is 1.43 bits per heavy atom. The van der Waals surface area contributed by atoms with Gasteiger partial charge in [-0.3, -0.25) is 4.90 Å². The number of fused-ring (bicyclic) bond motifs is 1. The van der Waals surface area contributed by atoms with Gasteiger partial charge in [-0.15, -0.1) is 0 Å². The van der Waals surface area contributed by atoms with Crippen molar-refractivity contribution in [2.24, 2.45) is 11.8 Å². The molecule has 1 aromatic heterocycles. The minimum Gasteiger partial charge on any atom is -0.364 e. The van der Waals surface area contributed by atoms with Gasteiger partial charge in [0.2, 0.25) is 0 Å². The molecule has 2 aliphatic rings. The monoisotopic (exact) mass is 193 g/mol. The summed E-state index contributed by atoms with van der Waals surface area (Å²) in [5.74, 6) is 1.73. The highest BCUT2D eigenvalue weighted by molar-refractivity contribution is 4.98. The molecule has 76 valence electrons. The Balaban J connectivity index is 1.61. The number of rotatable bonds is 2. The zero-order valence-corrected chi connectivity index (χ0v) is 8.15. The third-order valence-electron chi connectivity index (χ3n) is 3.34. The van der Waals surface area contributed by atoms with E-state index < -0.39 is 0 Å². The largest absolute Gasteiger partial charge is 0.364 e. The summed E-state index contributed by atoms with van der Waals surface area (Å²) in [4.78, 5) is 2.48. The van der Waals surface area contributed by atoms with Crippen LogP contribution in [0.3, 0.4) is 0 Å². The van der Waals surface area contributed by atoms with Crippen molar-refractivity contribution < 1.29 is 4.52 Å². The Bertz CT molecular complexity index is 286. The second-order valence-corrected chi connectivity index (χ2v) is 4.36. The molecule has 0 aromatic carbocycles. The lowest BCUT2D eigenvalue weighted by molar-refractivity contribution is 0.292. The van der Waals surface area contributed by atoms with Crippen molar-refractivity contribution in [2.75, 3.05) is 26.2 Å². The summed E-state index contributed by atoms with van der Waals surface area (Å²) in [6.45, 7) is 5.76. The third-order valence-corrected chi connectivity index (χ3v) is 3.34. The van der Waals surface area contributed by atoms with Crippen molar-refractivity contribution in [3.63, 3.8) is 0 Å².